The van der Waals surface area contributed by atoms with Crippen molar-refractivity contribution in [3.63, 3.8) is 0 Å². The summed E-state index contributed by atoms with van der Waals surface area (Å²) >= 11 is 0. The van der Waals surface area contributed by atoms with E-state index < -0.39 is 15.3 Å². The van der Waals surface area contributed by atoms with Gasteiger partial charge in [-0.2, -0.15) is 0 Å². The van der Waals surface area contributed by atoms with Gasteiger partial charge in [0.25, 0.3) is 0 Å². The van der Waals surface area contributed by atoms with E-state index in [1.807, 2.05) is 4.52 Å². The van der Waals surface area contributed by atoms with Crippen molar-refractivity contribution in [1.82, 2.24) is 0 Å². The highest BCUT2D eigenvalue weighted by Crippen LogP contribution is 1.91. The van der Waals surface area contributed by atoms with Crippen LogP contribution in [0.25, 0.3) is 10.4 Å². The highest BCUT2D eigenvalue weighted by atomic mass is 32.2. The number of rotatable bonds is 1. The van der Waals surface area contributed by atoms with Crippen molar-refractivity contribution in [3.05, 3.63) is 10.4 Å². The van der Waals surface area contributed by atoms with Gasteiger partial charge in [-0.05, 0) is 5.53 Å². The minimum atomic E-state index is -4.62. The Bertz CT molecular complexity index is 250. The van der Waals surface area contributed by atoms with Gasteiger partial charge in [-0.15, -0.1) is 0 Å². The van der Waals surface area contributed by atoms with E-state index in [1.54, 1.807) is 4.91 Å². The summed E-state index contributed by atoms with van der Waals surface area (Å²) in [5.74, 6) is 0. The first-order chi connectivity index (χ1) is 4.00. The predicted octanol–water partition coefficient (Wildman–Crippen LogP) is 0.305. The van der Waals surface area contributed by atoms with Crippen molar-refractivity contribution < 1.29 is 18.3 Å². The molecule has 0 unspecified atom stereocenters. The van der Waals surface area contributed by atoms with Gasteiger partial charge in [-0.1, -0.05) is 0 Å². The molecule has 0 saturated carbocycles. The topological polar surface area (TPSA) is 120 Å². The fraction of sp³-hybridized carbons (Fsp3) is 0. The van der Waals surface area contributed by atoms with Gasteiger partial charge >= 0.3 is 15.3 Å². The summed E-state index contributed by atoms with van der Waals surface area (Å²) in [5, 5.41) is 5.57. The zero-order valence-electron chi connectivity index (χ0n) is 3.92. The lowest BCUT2D eigenvalue weighted by Crippen LogP contribution is -2.06. The number of hydrogen-bond donors (Lipinski definition) is 1. The molecular weight excluding hydrogens is 150 g/mol. The Morgan fingerprint density at radius 1 is 1.67 bits per heavy atom. The maximum atomic E-state index is 9.91. The molecule has 0 aromatic rings. The van der Waals surface area contributed by atoms with E-state index >= 15 is 0 Å². The van der Waals surface area contributed by atoms with Crippen molar-refractivity contribution in [2.24, 2.45) is 4.52 Å². The molecule has 8 heteroatoms. The minimum absolute atomic E-state index is 1.78. The van der Waals surface area contributed by atoms with Gasteiger partial charge < -0.3 is 5.11 Å². The molecule has 9 heavy (non-hydrogen) atoms. The highest BCUT2D eigenvalue weighted by molar-refractivity contribution is 8.04. The maximum Gasteiger partial charge on any atom is 0.430 e. The third-order valence-electron chi connectivity index (χ3n) is 0.365. The molecule has 0 radical (unpaired) electrons. The number of sulfonamides is 1. The summed E-state index contributed by atoms with van der Waals surface area (Å²) < 4.78 is 21.8. The van der Waals surface area contributed by atoms with E-state index in [1.165, 1.54) is 0 Å². The first-order valence-electron chi connectivity index (χ1n) is 1.55. The highest BCUT2D eigenvalue weighted by Gasteiger charge is 2.17. The van der Waals surface area contributed by atoms with Gasteiger partial charge in [0.15, 0.2) is 0 Å². The van der Waals surface area contributed by atoms with Crippen LogP contribution < -0.4 is 0 Å². The lowest BCUT2D eigenvalue weighted by atomic mass is 11.6. The number of nitrogens with zero attached hydrogens (tertiary/aromatic N) is 3. The molecule has 1 N–H and O–H groups in total. The van der Waals surface area contributed by atoms with Gasteiger partial charge in [0.1, 0.15) is 0 Å². The van der Waals surface area contributed by atoms with E-state index in [2.05, 4.69) is 0 Å². The SMILES string of the molecule is [N-]=[N+]=NS(=O)(=O)C(=O)O. The van der Waals surface area contributed by atoms with E-state index in [0.717, 1.165) is 0 Å². The van der Waals surface area contributed by atoms with Crippen LogP contribution in [0, 0.1) is 0 Å². The van der Waals surface area contributed by atoms with Crippen LogP contribution in [0.2, 0.25) is 0 Å². The third-order valence-corrected chi connectivity index (χ3v) is 1.09. The summed E-state index contributed by atoms with van der Waals surface area (Å²) in [6.45, 7) is 0. The van der Waals surface area contributed by atoms with Gasteiger partial charge in [-0.25, -0.2) is 13.2 Å². The summed E-state index contributed by atoms with van der Waals surface area (Å²) in [4.78, 5) is 11.3. The van der Waals surface area contributed by atoms with Crippen molar-refractivity contribution in [3.8, 4) is 0 Å². The molecule has 0 rings (SSSR count). The zero-order valence-corrected chi connectivity index (χ0v) is 4.74. The number of carboxylic acid groups (broad SMARTS) is 1. The maximum absolute atomic E-state index is 9.91. The molecule has 0 fully saturated rings. The first kappa shape index (κ1) is 7.73. The summed E-state index contributed by atoms with van der Waals surface area (Å²) in [7, 11) is -4.62. The molecule has 0 spiro atoms. The summed E-state index contributed by atoms with van der Waals surface area (Å²) in [6, 6.07) is 0. The van der Waals surface area contributed by atoms with E-state index in [4.69, 9.17) is 10.6 Å². The Balaban J connectivity index is 4.85. The Morgan fingerprint density at radius 2 is 2.11 bits per heavy atom. The minimum Gasteiger partial charge on any atom is -0.469 e. The van der Waals surface area contributed by atoms with E-state index in [0.29, 0.717) is 0 Å². The molecular formula is CHN3O4S. The van der Waals surface area contributed by atoms with Crippen LogP contribution in [0.1, 0.15) is 0 Å². The quantitative estimate of drug-likeness (QED) is 0.329. The van der Waals surface area contributed by atoms with Crippen molar-refractivity contribution >= 4 is 15.3 Å². The molecule has 0 aliphatic carbocycles. The average Bonchev–Trinajstić information content (AvgIpc) is 1.65. The van der Waals surface area contributed by atoms with Crippen LogP contribution in [0.5, 0.6) is 0 Å². The van der Waals surface area contributed by atoms with Gasteiger partial charge in [0, 0.05) is 9.43 Å². The van der Waals surface area contributed by atoms with E-state index in [-0.39, 0.29) is 0 Å². The Labute approximate surface area is 49.6 Å². The molecule has 0 amide bonds. The van der Waals surface area contributed by atoms with Crippen LogP contribution in [0.3, 0.4) is 0 Å². The second-order valence-electron chi connectivity index (χ2n) is 0.912. The first-order valence-corrected chi connectivity index (χ1v) is 2.99. The van der Waals surface area contributed by atoms with E-state index in [9.17, 15) is 13.2 Å². The number of carbonyl (C=O) groups is 1. The molecule has 7 nitrogen and oxygen atoms in total. The molecule has 50 valence electrons. The van der Waals surface area contributed by atoms with Gasteiger partial charge in [0.2, 0.25) is 0 Å². The van der Waals surface area contributed by atoms with Crippen LogP contribution in [0.4, 0.5) is 4.79 Å². The fourth-order valence-electron chi connectivity index (χ4n) is 0.0830. The summed E-state index contributed by atoms with van der Waals surface area (Å²) in [5.41, 5.74) is 7.47. The zero-order chi connectivity index (χ0) is 7.49. The number of azide groups is 1. The van der Waals surface area contributed by atoms with Crippen LogP contribution in [-0.4, -0.2) is 18.8 Å². The largest absolute Gasteiger partial charge is 0.469 e. The number of hydrogen-bond acceptors (Lipinski definition) is 3. The predicted molar refractivity (Wildman–Crippen MR) is 26.1 cm³/mol. The van der Waals surface area contributed by atoms with Crippen molar-refractivity contribution in [2.45, 2.75) is 0 Å². The smallest absolute Gasteiger partial charge is 0.430 e. The molecule has 0 heterocycles. The molecule has 0 atom stereocenters. The van der Waals surface area contributed by atoms with Crippen molar-refractivity contribution in [2.75, 3.05) is 0 Å². The van der Waals surface area contributed by atoms with Gasteiger partial charge in [-0.3, -0.25) is 0 Å². The lowest BCUT2D eigenvalue weighted by Gasteiger charge is -1.80. The van der Waals surface area contributed by atoms with Crippen LogP contribution >= 0.6 is 0 Å². The Hall–Kier alpha value is -1.27. The second kappa shape index (κ2) is 2.33. The fourth-order valence-corrected chi connectivity index (χ4v) is 0.249. The summed E-state index contributed by atoms with van der Waals surface area (Å²) in [6.07, 6.45) is 0. The monoisotopic (exact) mass is 151 g/mol. The molecule has 0 aliphatic heterocycles. The second-order valence-corrected chi connectivity index (χ2v) is 2.37. The Kier molecular flexibility index (Phi) is 2.00. The normalized spacial score (nSPS) is 9.78. The van der Waals surface area contributed by atoms with Crippen LogP contribution in [-0.2, 0) is 10.0 Å². The molecule has 0 aromatic heterocycles. The molecule has 0 aliphatic rings. The van der Waals surface area contributed by atoms with Crippen molar-refractivity contribution in [1.29, 1.82) is 0 Å². The van der Waals surface area contributed by atoms with Gasteiger partial charge in [0.05, 0.1) is 0 Å². The molecule has 0 aromatic carbocycles. The lowest BCUT2D eigenvalue weighted by molar-refractivity contribution is 0.219. The standard InChI is InChI=1S/CHN3O4S/c2-3-4-9(7,8)1(5)6/h(H,5,6). The van der Waals surface area contributed by atoms with Crippen LogP contribution in [0.15, 0.2) is 4.52 Å². The Morgan fingerprint density at radius 3 is 2.22 bits per heavy atom. The molecule has 0 saturated heterocycles. The average molecular weight is 151 g/mol. The molecule has 0 bridgehead atoms. The third kappa shape index (κ3) is 1.98.